The van der Waals surface area contributed by atoms with Gasteiger partial charge in [-0.15, -0.1) is 0 Å². The van der Waals surface area contributed by atoms with Gasteiger partial charge in [0.15, 0.2) is 0 Å². The number of nitrogens with one attached hydrogen (secondary N) is 1. The molecule has 1 unspecified atom stereocenters. The molecule has 0 bridgehead atoms. The number of hydrogen-bond donors (Lipinski definition) is 1. The van der Waals surface area contributed by atoms with Gasteiger partial charge in [-0.05, 0) is 27.2 Å². The number of anilines is 1. The molecule has 0 radical (unpaired) electrons. The minimum absolute atomic E-state index is 0.0861. The summed E-state index contributed by atoms with van der Waals surface area (Å²) in [4.78, 5) is 12.1. The van der Waals surface area contributed by atoms with Crippen molar-refractivity contribution in [1.82, 2.24) is 14.9 Å². The maximum atomic E-state index is 12.1. The van der Waals surface area contributed by atoms with Crippen molar-refractivity contribution in [2.24, 2.45) is 0 Å². The van der Waals surface area contributed by atoms with Crippen LogP contribution >= 0.6 is 11.6 Å². The van der Waals surface area contributed by atoms with Gasteiger partial charge in [0.2, 0.25) is 0 Å². The molecular formula is C14H19ClN4O2. The van der Waals surface area contributed by atoms with Crippen LogP contribution in [0.3, 0.4) is 0 Å². The van der Waals surface area contributed by atoms with Gasteiger partial charge in [0, 0.05) is 12.1 Å². The van der Waals surface area contributed by atoms with E-state index in [9.17, 15) is 4.79 Å². The quantitative estimate of drug-likeness (QED) is 0.918. The van der Waals surface area contributed by atoms with Crippen LogP contribution in [0.25, 0.3) is 0 Å². The SMILES string of the molecule is CCCn1ncc(NC(C)c2c(C)noc2C)c(Cl)c1=O. The molecule has 2 aromatic heterocycles. The first-order valence-electron chi connectivity index (χ1n) is 6.90. The van der Waals surface area contributed by atoms with Crippen molar-refractivity contribution >= 4 is 17.3 Å². The van der Waals surface area contributed by atoms with Gasteiger partial charge >= 0.3 is 0 Å². The Morgan fingerprint density at radius 3 is 2.76 bits per heavy atom. The first-order chi connectivity index (χ1) is 9.95. The molecule has 0 aliphatic rings. The Kier molecular flexibility index (Phi) is 4.67. The Hall–Kier alpha value is -1.82. The summed E-state index contributed by atoms with van der Waals surface area (Å²) < 4.78 is 6.52. The van der Waals surface area contributed by atoms with Gasteiger partial charge in [0.05, 0.1) is 23.6 Å². The van der Waals surface area contributed by atoms with Gasteiger partial charge in [-0.1, -0.05) is 23.7 Å². The Morgan fingerprint density at radius 1 is 1.48 bits per heavy atom. The third-order valence-corrected chi connectivity index (χ3v) is 3.68. The van der Waals surface area contributed by atoms with Crippen molar-refractivity contribution in [2.75, 3.05) is 5.32 Å². The standard InChI is InChI=1S/C14H19ClN4O2/c1-5-6-19-14(20)13(15)11(7-16-19)17-8(2)12-9(3)18-21-10(12)4/h7-8,17H,5-6H2,1-4H3. The predicted octanol–water partition coefficient (Wildman–Crippen LogP) is 3.08. The molecule has 7 heteroatoms. The zero-order valence-electron chi connectivity index (χ0n) is 12.6. The lowest BCUT2D eigenvalue weighted by Gasteiger charge is -2.16. The second-order valence-electron chi connectivity index (χ2n) is 5.00. The Bertz CT molecular complexity index is 673. The molecule has 0 saturated heterocycles. The second-order valence-corrected chi connectivity index (χ2v) is 5.38. The highest BCUT2D eigenvalue weighted by atomic mass is 35.5. The van der Waals surface area contributed by atoms with Crippen molar-refractivity contribution in [3.63, 3.8) is 0 Å². The summed E-state index contributed by atoms with van der Waals surface area (Å²) in [6.45, 7) is 8.22. The van der Waals surface area contributed by atoms with Gasteiger partial charge in [-0.25, -0.2) is 4.68 Å². The van der Waals surface area contributed by atoms with Crippen LogP contribution in [-0.4, -0.2) is 14.9 Å². The highest BCUT2D eigenvalue weighted by Gasteiger charge is 2.18. The van der Waals surface area contributed by atoms with Crippen molar-refractivity contribution in [3.8, 4) is 0 Å². The van der Waals surface area contributed by atoms with Gasteiger partial charge in [0.25, 0.3) is 5.56 Å². The zero-order chi connectivity index (χ0) is 15.6. The first-order valence-corrected chi connectivity index (χ1v) is 7.28. The second kappa shape index (κ2) is 6.30. The number of aromatic nitrogens is 3. The monoisotopic (exact) mass is 310 g/mol. The number of halogens is 1. The Balaban J connectivity index is 2.28. The molecule has 1 atom stereocenters. The summed E-state index contributed by atoms with van der Waals surface area (Å²) in [5.74, 6) is 0.746. The van der Waals surface area contributed by atoms with Crippen molar-refractivity contribution in [1.29, 1.82) is 0 Å². The maximum Gasteiger partial charge on any atom is 0.287 e. The Morgan fingerprint density at radius 2 is 2.19 bits per heavy atom. The van der Waals surface area contributed by atoms with E-state index in [2.05, 4.69) is 15.6 Å². The normalized spacial score (nSPS) is 12.4. The average Bonchev–Trinajstić information content (AvgIpc) is 2.78. The van der Waals surface area contributed by atoms with E-state index in [1.165, 1.54) is 4.68 Å². The van der Waals surface area contributed by atoms with Crippen LogP contribution in [0.2, 0.25) is 5.02 Å². The molecule has 0 aliphatic heterocycles. The number of hydrogen-bond acceptors (Lipinski definition) is 5. The summed E-state index contributed by atoms with van der Waals surface area (Å²) in [5.41, 5.74) is 2.01. The van der Waals surface area contributed by atoms with Gasteiger partial charge in [0.1, 0.15) is 10.8 Å². The highest BCUT2D eigenvalue weighted by Crippen LogP contribution is 2.26. The third-order valence-electron chi connectivity index (χ3n) is 3.31. The summed E-state index contributed by atoms with van der Waals surface area (Å²) in [5, 5.41) is 11.4. The van der Waals surface area contributed by atoms with Gasteiger partial charge in [-0.3, -0.25) is 4.79 Å². The van der Waals surface area contributed by atoms with Crippen LogP contribution in [0.4, 0.5) is 5.69 Å². The van der Waals surface area contributed by atoms with E-state index >= 15 is 0 Å². The van der Waals surface area contributed by atoms with Crippen LogP contribution in [0.15, 0.2) is 15.5 Å². The van der Waals surface area contributed by atoms with Crippen LogP contribution in [0.1, 0.15) is 43.3 Å². The van der Waals surface area contributed by atoms with Crippen LogP contribution in [0.5, 0.6) is 0 Å². The topological polar surface area (TPSA) is 73.0 Å². The fourth-order valence-corrected chi connectivity index (χ4v) is 2.55. The van der Waals surface area contributed by atoms with Crippen LogP contribution in [0, 0.1) is 13.8 Å². The van der Waals surface area contributed by atoms with Crippen LogP contribution in [-0.2, 0) is 6.54 Å². The molecule has 0 amide bonds. The fourth-order valence-electron chi connectivity index (χ4n) is 2.35. The van der Waals surface area contributed by atoms with E-state index < -0.39 is 0 Å². The summed E-state index contributed by atoms with van der Waals surface area (Å²) in [6.07, 6.45) is 2.40. The van der Waals surface area contributed by atoms with Crippen LogP contribution < -0.4 is 10.9 Å². The molecule has 0 fully saturated rings. The minimum atomic E-state index is -0.283. The minimum Gasteiger partial charge on any atom is -0.376 e. The fraction of sp³-hybridized carbons (Fsp3) is 0.500. The molecule has 2 rings (SSSR count). The number of nitrogens with zero attached hydrogens (tertiary/aromatic N) is 3. The lowest BCUT2D eigenvalue weighted by molar-refractivity contribution is 0.392. The molecule has 114 valence electrons. The molecule has 0 aromatic carbocycles. The molecule has 0 aliphatic carbocycles. The van der Waals surface area contributed by atoms with Crippen molar-refractivity contribution < 1.29 is 4.52 Å². The molecule has 2 heterocycles. The lowest BCUT2D eigenvalue weighted by Crippen LogP contribution is -2.24. The van der Waals surface area contributed by atoms with E-state index in [0.29, 0.717) is 12.2 Å². The van der Waals surface area contributed by atoms with E-state index in [4.69, 9.17) is 16.1 Å². The smallest absolute Gasteiger partial charge is 0.287 e. The summed E-state index contributed by atoms with van der Waals surface area (Å²) in [6, 6.07) is -0.0861. The molecule has 0 saturated carbocycles. The third kappa shape index (κ3) is 3.10. The molecule has 0 spiro atoms. The number of rotatable bonds is 5. The van der Waals surface area contributed by atoms with Crippen molar-refractivity contribution in [2.45, 2.75) is 46.7 Å². The van der Waals surface area contributed by atoms with Crippen molar-refractivity contribution in [3.05, 3.63) is 38.6 Å². The van der Waals surface area contributed by atoms with E-state index in [1.54, 1.807) is 6.20 Å². The first kappa shape index (κ1) is 15.6. The molecule has 1 N–H and O–H groups in total. The summed E-state index contributed by atoms with van der Waals surface area (Å²) in [7, 11) is 0. The number of aryl methyl sites for hydroxylation is 3. The van der Waals surface area contributed by atoms with E-state index in [1.807, 2.05) is 27.7 Å². The molecule has 2 aromatic rings. The van der Waals surface area contributed by atoms with E-state index in [-0.39, 0.29) is 16.6 Å². The predicted molar refractivity (Wildman–Crippen MR) is 81.8 cm³/mol. The average molecular weight is 311 g/mol. The lowest BCUT2D eigenvalue weighted by atomic mass is 10.1. The van der Waals surface area contributed by atoms with Gasteiger partial charge in [-0.2, -0.15) is 5.10 Å². The maximum absolute atomic E-state index is 12.1. The largest absolute Gasteiger partial charge is 0.376 e. The zero-order valence-corrected chi connectivity index (χ0v) is 13.4. The highest BCUT2D eigenvalue weighted by molar-refractivity contribution is 6.32. The Labute approximate surface area is 128 Å². The van der Waals surface area contributed by atoms with E-state index in [0.717, 1.165) is 23.4 Å². The molecular weight excluding hydrogens is 292 g/mol. The molecule has 6 nitrogen and oxygen atoms in total. The van der Waals surface area contributed by atoms with Gasteiger partial charge < -0.3 is 9.84 Å². The summed E-state index contributed by atoms with van der Waals surface area (Å²) >= 11 is 6.14. The molecule has 21 heavy (non-hydrogen) atoms.